The molecule has 9 heteroatoms. The SMILES string of the molecule is Cc1c(NC(=O)c2nn3ccccc3c2Cl)c(C(N)=O)nn1C. The summed E-state index contributed by atoms with van der Waals surface area (Å²) in [5, 5.41) is 11.0. The van der Waals surface area contributed by atoms with Gasteiger partial charge in [0.2, 0.25) is 0 Å². The van der Waals surface area contributed by atoms with Crippen molar-refractivity contribution in [1.29, 1.82) is 0 Å². The Morgan fingerprint density at radius 3 is 2.65 bits per heavy atom. The Labute approximate surface area is 135 Å². The molecule has 0 spiro atoms. The molecular formula is C14H13ClN6O2. The summed E-state index contributed by atoms with van der Waals surface area (Å²) in [6.07, 6.45) is 1.68. The maximum atomic E-state index is 12.5. The number of pyridine rings is 1. The molecule has 3 N–H and O–H groups in total. The van der Waals surface area contributed by atoms with Crippen LogP contribution < -0.4 is 11.1 Å². The number of nitrogens with zero attached hydrogens (tertiary/aromatic N) is 4. The van der Waals surface area contributed by atoms with E-state index in [4.69, 9.17) is 17.3 Å². The van der Waals surface area contributed by atoms with Crippen molar-refractivity contribution in [2.75, 3.05) is 5.32 Å². The summed E-state index contributed by atoms with van der Waals surface area (Å²) in [7, 11) is 1.65. The summed E-state index contributed by atoms with van der Waals surface area (Å²) in [6.45, 7) is 1.71. The number of aromatic nitrogens is 4. The minimum Gasteiger partial charge on any atom is -0.364 e. The van der Waals surface area contributed by atoms with Gasteiger partial charge >= 0.3 is 0 Å². The number of carbonyl (C=O) groups excluding carboxylic acids is 2. The Morgan fingerprint density at radius 1 is 1.26 bits per heavy atom. The Bertz CT molecular complexity index is 942. The number of hydrogen-bond donors (Lipinski definition) is 2. The van der Waals surface area contributed by atoms with E-state index in [1.165, 1.54) is 9.20 Å². The fraction of sp³-hybridized carbons (Fsp3) is 0.143. The van der Waals surface area contributed by atoms with E-state index in [0.29, 0.717) is 11.2 Å². The third kappa shape index (κ3) is 2.42. The van der Waals surface area contributed by atoms with Crippen molar-refractivity contribution < 1.29 is 9.59 Å². The molecule has 0 unspecified atom stereocenters. The highest BCUT2D eigenvalue weighted by Gasteiger charge is 2.23. The van der Waals surface area contributed by atoms with Crippen LogP contribution in [0.25, 0.3) is 5.52 Å². The monoisotopic (exact) mass is 332 g/mol. The number of nitrogens with one attached hydrogen (secondary N) is 1. The van der Waals surface area contributed by atoms with Gasteiger partial charge in [0.15, 0.2) is 11.4 Å². The summed E-state index contributed by atoms with van der Waals surface area (Å²) >= 11 is 6.21. The van der Waals surface area contributed by atoms with Crippen molar-refractivity contribution in [3.63, 3.8) is 0 Å². The van der Waals surface area contributed by atoms with Crippen LogP contribution in [0.15, 0.2) is 24.4 Å². The minimum absolute atomic E-state index is 0.0155. The molecule has 0 fully saturated rings. The first-order valence-corrected chi connectivity index (χ1v) is 7.05. The van der Waals surface area contributed by atoms with Crippen molar-refractivity contribution in [2.45, 2.75) is 6.92 Å². The lowest BCUT2D eigenvalue weighted by molar-refractivity contribution is 0.0995. The van der Waals surface area contributed by atoms with Crippen LogP contribution in [-0.2, 0) is 7.05 Å². The Morgan fingerprint density at radius 2 is 2.00 bits per heavy atom. The zero-order chi connectivity index (χ0) is 16.7. The fourth-order valence-electron chi connectivity index (χ4n) is 2.22. The smallest absolute Gasteiger partial charge is 0.277 e. The molecule has 3 aromatic rings. The van der Waals surface area contributed by atoms with Crippen molar-refractivity contribution in [3.05, 3.63) is 46.5 Å². The van der Waals surface area contributed by atoms with Crippen LogP contribution in [-0.4, -0.2) is 31.2 Å². The molecule has 3 rings (SSSR count). The van der Waals surface area contributed by atoms with E-state index in [-0.39, 0.29) is 22.1 Å². The predicted octanol–water partition coefficient (Wildman–Crippen LogP) is 1.38. The van der Waals surface area contributed by atoms with Crippen LogP contribution >= 0.6 is 11.6 Å². The normalized spacial score (nSPS) is 10.9. The van der Waals surface area contributed by atoms with Gasteiger partial charge in [-0.1, -0.05) is 17.7 Å². The predicted molar refractivity (Wildman–Crippen MR) is 84.6 cm³/mol. The number of anilines is 1. The van der Waals surface area contributed by atoms with Crippen molar-refractivity contribution >= 4 is 34.6 Å². The van der Waals surface area contributed by atoms with E-state index >= 15 is 0 Å². The molecule has 0 aliphatic rings. The average Bonchev–Trinajstić information content (AvgIpc) is 3.00. The van der Waals surface area contributed by atoms with Gasteiger partial charge in [-0.25, -0.2) is 4.52 Å². The Balaban J connectivity index is 2.02. The van der Waals surface area contributed by atoms with Crippen LogP contribution in [0.1, 0.15) is 26.7 Å². The first kappa shape index (κ1) is 15.0. The summed E-state index contributed by atoms with van der Waals surface area (Å²) in [6, 6.07) is 5.31. The van der Waals surface area contributed by atoms with E-state index in [0.717, 1.165) is 0 Å². The molecule has 0 radical (unpaired) electrons. The van der Waals surface area contributed by atoms with Gasteiger partial charge in [0, 0.05) is 13.2 Å². The highest BCUT2D eigenvalue weighted by Crippen LogP contribution is 2.24. The topological polar surface area (TPSA) is 107 Å². The highest BCUT2D eigenvalue weighted by atomic mass is 35.5. The van der Waals surface area contributed by atoms with Gasteiger partial charge < -0.3 is 11.1 Å². The molecule has 0 aromatic carbocycles. The summed E-state index contributed by atoms with van der Waals surface area (Å²) in [5.74, 6) is -1.28. The van der Waals surface area contributed by atoms with Gasteiger partial charge in [0.1, 0.15) is 0 Å². The van der Waals surface area contributed by atoms with E-state index < -0.39 is 11.8 Å². The molecule has 2 amide bonds. The third-order valence-corrected chi connectivity index (χ3v) is 3.87. The number of halogens is 1. The lowest BCUT2D eigenvalue weighted by Crippen LogP contribution is -2.19. The number of fused-ring (bicyclic) bond motifs is 1. The average molecular weight is 333 g/mol. The molecule has 0 aliphatic carbocycles. The molecule has 3 heterocycles. The molecular weight excluding hydrogens is 320 g/mol. The van der Waals surface area contributed by atoms with Crippen LogP contribution in [0.4, 0.5) is 5.69 Å². The molecule has 3 aromatic heterocycles. The Kier molecular flexibility index (Phi) is 3.53. The second-order valence-corrected chi connectivity index (χ2v) is 5.32. The second-order valence-electron chi connectivity index (χ2n) is 4.94. The number of nitrogens with two attached hydrogens (primary N) is 1. The summed E-state index contributed by atoms with van der Waals surface area (Å²) in [4.78, 5) is 23.9. The van der Waals surface area contributed by atoms with E-state index in [2.05, 4.69) is 15.5 Å². The molecule has 0 saturated heterocycles. The molecule has 118 valence electrons. The number of amides is 2. The molecule has 0 atom stereocenters. The summed E-state index contributed by atoms with van der Waals surface area (Å²) in [5.41, 5.74) is 6.77. The second kappa shape index (κ2) is 5.40. The van der Waals surface area contributed by atoms with E-state index in [1.807, 2.05) is 0 Å². The van der Waals surface area contributed by atoms with E-state index in [1.54, 1.807) is 38.4 Å². The standard InChI is InChI=1S/C14H13ClN6O2/c1-7-10(12(13(16)22)18-20(7)2)17-14(23)11-9(15)8-5-3-4-6-21(8)19-11/h3-6H,1-2H3,(H2,16,22)(H,17,23). The van der Waals surface area contributed by atoms with Crippen molar-refractivity contribution in [1.82, 2.24) is 19.4 Å². The Hall–Kier alpha value is -2.87. The molecule has 0 aliphatic heterocycles. The maximum Gasteiger partial charge on any atom is 0.277 e. The van der Waals surface area contributed by atoms with Crippen LogP contribution in [0.5, 0.6) is 0 Å². The van der Waals surface area contributed by atoms with Gasteiger partial charge in [0.25, 0.3) is 11.8 Å². The van der Waals surface area contributed by atoms with Crippen LogP contribution in [0.3, 0.4) is 0 Å². The van der Waals surface area contributed by atoms with Gasteiger partial charge in [-0.2, -0.15) is 10.2 Å². The highest BCUT2D eigenvalue weighted by molar-refractivity contribution is 6.37. The van der Waals surface area contributed by atoms with Gasteiger partial charge in [0.05, 0.1) is 21.9 Å². The zero-order valence-electron chi connectivity index (χ0n) is 12.4. The molecule has 23 heavy (non-hydrogen) atoms. The fourth-order valence-corrected chi connectivity index (χ4v) is 2.49. The van der Waals surface area contributed by atoms with Crippen LogP contribution in [0.2, 0.25) is 5.02 Å². The third-order valence-electron chi connectivity index (χ3n) is 3.50. The van der Waals surface area contributed by atoms with Crippen LogP contribution in [0, 0.1) is 6.92 Å². The maximum absolute atomic E-state index is 12.5. The minimum atomic E-state index is -0.731. The lowest BCUT2D eigenvalue weighted by Gasteiger charge is -2.04. The number of carbonyl (C=O) groups is 2. The van der Waals surface area contributed by atoms with Gasteiger partial charge in [-0.05, 0) is 19.1 Å². The van der Waals surface area contributed by atoms with Crippen molar-refractivity contribution in [2.24, 2.45) is 12.8 Å². The number of aryl methyl sites for hydroxylation is 1. The van der Waals surface area contributed by atoms with E-state index in [9.17, 15) is 9.59 Å². The number of rotatable bonds is 3. The molecule has 8 nitrogen and oxygen atoms in total. The first-order valence-electron chi connectivity index (χ1n) is 6.67. The lowest BCUT2D eigenvalue weighted by atomic mass is 10.2. The van der Waals surface area contributed by atoms with Gasteiger partial charge in [-0.15, -0.1) is 0 Å². The number of hydrogen-bond acceptors (Lipinski definition) is 4. The quantitative estimate of drug-likeness (QED) is 0.755. The zero-order valence-corrected chi connectivity index (χ0v) is 13.1. The summed E-state index contributed by atoms with van der Waals surface area (Å²) < 4.78 is 2.96. The van der Waals surface area contributed by atoms with Crippen molar-refractivity contribution in [3.8, 4) is 0 Å². The van der Waals surface area contributed by atoms with Gasteiger partial charge in [-0.3, -0.25) is 14.3 Å². The number of primary amides is 1. The molecule has 0 bridgehead atoms. The molecule has 0 saturated carbocycles. The largest absolute Gasteiger partial charge is 0.364 e. The first-order chi connectivity index (χ1) is 10.9.